The van der Waals surface area contributed by atoms with Gasteiger partial charge in [-0.3, -0.25) is 0 Å². The summed E-state index contributed by atoms with van der Waals surface area (Å²) >= 11 is 4.27. The summed E-state index contributed by atoms with van der Waals surface area (Å²) in [5.41, 5.74) is 0. The molecule has 0 N–H and O–H groups in total. The molecule has 0 amide bonds. The molecule has 0 aromatic carbocycles. The van der Waals surface area contributed by atoms with E-state index in [2.05, 4.69) is 19.6 Å². The van der Waals surface area contributed by atoms with Crippen LogP contribution in [0, 0.1) is 11.8 Å². The van der Waals surface area contributed by atoms with Crippen LogP contribution < -0.4 is 0 Å². The summed E-state index contributed by atoms with van der Waals surface area (Å²) in [6, 6.07) is 0. The monoisotopic (exact) mass is 242 g/mol. The van der Waals surface area contributed by atoms with Crippen LogP contribution in [0.2, 0.25) is 0 Å². The predicted molar refractivity (Wildman–Crippen MR) is 77.3 cm³/mol. The molecule has 96 valence electrons. The van der Waals surface area contributed by atoms with E-state index in [1.807, 2.05) is 0 Å². The Bertz CT molecular complexity index is 150. The van der Waals surface area contributed by atoms with E-state index in [0.29, 0.717) is 0 Å². The highest BCUT2D eigenvalue weighted by Gasteiger charge is 2.17. The molecule has 0 aromatic rings. The van der Waals surface area contributed by atoms with Gasteiger partial charge in [-0.25, -0.2) is 0 Å². The van der Waals surface area contributed by atoms with Gasteiger partial charge in [0.05, 0.1) is 0 Å². The van der Waals surface area contributed by atoms with E-state index in [-0.39, 0.29) is 0 Å². The molecule has 0 spiro atoms. The second kappa shape index (κ2) is 9.39. The standard InChI is InChI=1S/C15H30S/c1-2-14(9-7-4-8-12-16)13-15-10-5-3-6-11-15/h14-16H,2-13H2,1H3. The second-order valence-electron chi connectivity index (χ2n) is 5.59. The Morgan fingerprint density at radius 1 is 1.06 bits per heavy atom. The van der Waals surface area contributed by atoms with Crippen LogP contribution in [0.3, 0.4) is 0 Å². The summed E-state index contributed by atoms with van der Waals surface area (Å²) < 4.78 is 0. The van der Waals surface area contributed by atoms with Crippen molar-refractivity contribution >= 4 is 12.6 Å². The molecule has 0 heterocycles. The highest BCUT2D eigenvalue weighted by Crippen LogP contribution is 2.31. The van der Waals surface area contributed by atoms with Gasteiger partial charge in [-0.1, -0.05) is 64.7 Å². The second-order valence-corrected chi connectivity index (χ2v) is 6.03. The van der Waals surface area contributed by atoms with Crippen molar-refractivity contribution in [3.8, 4) is 0 Å². The Hall–Kier alpha value is 0.350. The van der Waals surface area contributed by atoms with Gasteiger partial charge in [-0.05, 0) is 30.4 Å². The van der Waals surface area contributed by atoms with Gasteiger partial charge in [0.25, 0.3) is 0 Å². The Balaban J connectivity index is 2.09. The van der Waals surface area contributed by atoms with Crippen molar-refractivity contribution in [3.05, 3.63) is 0 Å². The summed E-state index contributed by atoms with van der Waals surface area (Å²) in [4.78, 5) is 0. The predicted octanol–water partition coefficient (Wildman–Crippen LogP) is 5.47. The lowest BCUT2D eigenvalue weighted by Crippen LogP contribution is -2.12. The maximum absolute atomic E-state index is 4.27. The number of hydrogen-bond acceptors (Lipinski definition) is 1. The molecule has 1 aliphatic carbocycles. The summed E-state index contributed by atoms with van der Waals surface area (Å²) in [7, 11) is 0. The molecular formula is C15H30S. The highest BCUT2D eigenvalue weighted by molar-refractivity contribution is 7.80. The fraction of sp³-hybridized carbons (Fsp3) is 1.00. The number of unbranched alkanes of at least 4 members (excludes halogenated alkanes) is 2. The normalized spacial score (nSPS) is 19.9. The van der Waals surface area contributed by atoms with E-state index >= 15 is 0 Å². The van der Waals surface area contributed by atoms with Crippen molar-refractivity contribution in [1.82, 2.24) is 0 Å². The minimum absolute atomic E-state index is 1.02. The molecule has 1 heteroatoms. The molecule has 1 unspecified atom stereocenters. The first-order valence-electron chi connectivity index (χ1n) is 7.47. The molecule has 16 heavy (non-hydrogen) atoms. The van der Waals surface area contributed by atoms with E-state index in [4.69, 9.17) is 0 Å². The van der Waals surface area contributed by atoms with Gasteiger partial charge in [0.1, 0.15) is 0 Å². The van der Waals surface area contributed by atoms with Crippen molar-refractivity contribution in [1.29, 1.82) is 0 Å². The molecule has 0 aromatic heterocycles. The smallest absolute Gasteiger partial charge is 0.00979 e. The average molecular weight is 242 g/mol. The first-order valence-corrected chi connectivity index (χ1v) is 8.11. The molecule has 1 atom stereocenters. The third-order valence-electron chi connectivity index (χ3n) is 4.24. The van der Waals surface area contributed by atoms with Gasteiger partial charge in [-0.15, -0.1) is 0 Å². The van der Waals surface area contributed by atoms with Crippen molar-refractivity contribution in [2.24, 2.45) is 11.8 Å². The van der Waals surface area contributed by atoms with Crippen LogP contribution in [0.15, 0.2) is 0 Å². The maximum atomic E-state index is 4.27. The quantitative estimate of drug-likeness (QED) is 0.423. The first kappa shape index (κ1) is 14.4. The van der Waals surface area contributed by atoms with Crippen LogP contribution in [-0.2, 0) is 0 Å². The topological polar surface area (TPSA) is 0 Å². The highest BCUT2D eigenvalue weighted by atomic mass is 32.1. The van der Waals surface area contributed by atoms with E-state index < -0.39 is 0 Å². The lowest BCUT2D eigenvalue weighted by atomic mass is 9.80. The molecule has 0 radical (unpaired) electrons. The minimum Gasteiger partial charge on any atom is -0.179 e. The zero-order valence-corrected chi connectivity index (χ0v) is 12.0. The van der Waals surface area contributed by atoms with E-state index in [1.54, 1.807) is 0 Å². The zero-order valence-electron chi connectivity index (χ0n) is 11.1. The number of thiol groups is 1. The fourth-order valence-electron chi connectivity index (χ4n) is 3.10. The summed E-state index contributed by atoms with van der Waals surface area (Å²) in [5, 5.41) is 0. The number of hydrogen-bond donors (Lipinski definition) is 1. The molecule has 1 rings (SSSR count). The van der Waals surface area contributed by atoms with E-state index in [9.17, 15) is 0 Å². The van der Waals surface area contributed by atoms with Crippen molar-refractivity contribution in [2.45, 2.75) is 77.6 Å². The Labute approximate surface area is 108 Å². The lowest BCUT2D eigenvalue weighted by Gasteiger charge is -2.26. The Morgan fingerprint density at radius 2 is 1.81 bits per heavy atom. The molecule has 1 saturated carbocycles. The zero-order chi connectivity index (χ0) is 11.6. The fourth-order valence-corrected chi connectivity index (χ4v) is 3.33. The summed E-state index contributed by atoms with van der Waals surface area (Å²) in [6.07, 6.45) is 16.1. The lowest BCUT2D eigenvalue weighted by molar-refractivity contribution is 0.270. The van der Waals surface area contributed by atoms with Crippen LogP contribution >= 0.6 is 12.6 Å². The van der Waals surface area contributed by atoms with Crippen LogP contribution in [0.5, 0.6) is 0 Å². The third-order valence-corrected chi connectivity index (χ3v) is 4.56. The van der Waals surface area contributed by atoms with Crippen LogP contribution in [0.1, 0.15) is 77.6 Å². The minimum atomic E-state index is 1.02. The van der Waals surface area contributed by atoms with Gasteiger partial charge in [0, 0.05) is 0 Å². The van der Waals surface area contributed by atoms with Crippen LogP contribution in [-0.4, -0.2) is 5.75 Å². The van der Waals surface area contributed by atoms with Gasteiger partial charge in [-0.2, -0.15) is 12.6 Å². The van der Waals surface area contributed by atoms with Gasteiger partial charge in [0.2, 0.25) is 0 Å². The molecule has 1 fully saturated rings. The van der Waals surface area contributed by atoms with Gasteiger partial charge < -0.3 is 0 Å². The molecule has 1 aliphatic rings. The van der Waals surface area contributed by atoms with Crippen molar-refractivity contribution in [3.63, 3.8) is 0 Å². The number of rotatable bonds is 8. The molecule has 0 saturated heterocycles. The molecule has 0 nitrogen and oxygen atoms in total. The largest absolute Gasteiger partial charge is 0.179 e. The molecule has 0 aliphatic heterocycles. The SMILES string of the molecule is CCC(CCCCCS)CC1CCCCC1. The van der Waals surface area contributed by atoms with Crippen LogP contribution in [0.4, 0.5) is 0 Å². The summed E-state index contributed by atoms with van der Waals surface area (Å²) in [6.45, 7) is 2.38. The summed E-state index contributed by atoms with van der Waals surface area (Å²) in [5.74, 6) is 3.16. The van der Waals surface area contributed by atoms with E-state index in [1.165, 1.54) is 70.6 Å². The molecule has 0 bridgehead atoms. The average Bonchev–Trinajstić information content (AvgIpc) is 2.34. The van der Waals surface area contributed by atoms with Crippen LogP contribution in [0.25, 0.3) is 0 Å². The first-order chi connectivity index (χ1) is 7.86. The Morgan fingerprint density at radius 3 is 2.44 bits per heavy atom. The third kappa shape index (κ3) is 6.18. The van der Waals surface area contributed by atoms with Crippen molar-refractivity contribution < 1.29 is 0 Å². The maximum Gasteiger partial charge on any atom is -0.00979 e. The van der Waals surface area contributed by atoms with Gasteiger partial charge >= 0.3 is 0 Å². The van der Waals surface area contributed by atoms with Crippen molar-refractivity contribution in [2.75, 3.05) is 5.75 Å². The molecular weight excluding hydrogens is 212 g/mol. The Kier molecular flexibility index (Phi) is 8.46. The van der Waals surface area contributed by atoms with Gasteiger partial charge in [0.15, 0.2) is 0 Å². The van der Waals surface area contributed by atoms with E-state index in [0.717, 1.165) is 17.6 Å².